The molecule has 3 aliphatic rings. The Hall–Kier alpha value is -17.6. The van der Waals surface area contributed by atoms with E-state index in [1.54, 1.807) is 0 Å². The maximum atomic E-state index is 2.49. The molecule has 0 aliphatic heterocycles. The number of aromatic nitrogens is 2. The van der Waals surface area contributed by atoms with Crippen LogP contribution in [0.15, 0.2) is 485 Å². The number of hydrogen-bond donors (Lipinski definition) is 0. The van der Waals surface area contributed by atoms with Crippen LogP contribution >= 0.6 is 11.3 Å². The number of fused-ring (bicyclic) bond motifs is 29. The van der Waals surface area contributed by atoms with Crippen molar-refractivity contribution in [2.75, 3.05) is 0 Å². The number of benzene rings is 25. The van der Waals surface area contributed by atoms with Crippen molar-refractivity contribution in [3.63, 3.8) is 0 Å². The van der Waals surface area contributed by atoms with Gasteiger partial charge in [0.05, 0.1) is 22.1 Å². The zero-order valence-electron chi connectivity index (χ0n) is 82.0. The third-order valence-corrected chi connectivity index (χ3v) is 34.0. The summed E-state index contributed by atoms with van der Waals surface area (Å²) in [6.07, 6.45) is 0. The van der Waals surface area contributed by atoms with Gasteiger partial charge >= 0.3 is 0 Å². The highest BCUT2D eigenvalue weighted by atomic mass is 32.1. The summed E-state index contributed by atoms with van der Waals surface area (Å²) in [6, 6.07) is 181. The Kier molecular flexibility index (Phi) is 19.1. The van der Waals surface area contributed by atoms with Crippen molar-refractivity contribution in [2.24, 2.45) is 0 Å². The highest BCUT2D eigenvalue weighted by Crippen LogP contribution is 2.59. The van der Waals surface area contributed by atoms with Crippen molar-refractivity contribution in [3.05, 3.63) is 519 Å². The lowest BCUT2D eigenvalue weighted by Gasteiger charge is -2.24. The van der Waals surface area contributed by atoms with Gasteiger partial charge in [-0.25, -0.2) is 0 Å². The fraction of sp³-hybridized carbons (Fsp3) is 0.0629. The minimum atomic E-state index is -0.119. The van der Waals surface area contributed by atoms with Gasteiger partial charge < -0.3 is 9.13 Å². The summed E-state index contributed by atoms with van der Waals surface area (Å²) < 4.78 is 7.55. The fourth-order valence-corrected chi connectivity index (χ4v) is 27.0. The molecule has 0 atom stereocenters. The summed E-state index contributed by atoms with van der Waals surface area (Å²) in [7, 11) is 0. The van der Waals surface area contributed by atoms with Gasteiger partial charge in [0, 0.05) is 69.3 Å². The van der Waals surface area contributed by atoms with Crippen molar-refractivity contribution in [1.82, 2.24) is 9.13 Å². The van der Waals surface area contributed by atoms with E-state index in [1.807, 2.05) is 11.3 Å². The SMILES string of the molecule is CC1(C)c2cc(-c3cc(-c4cccc5c4sc4ccccc45)cc4ccccc34)ccc2-c2ccc3ccccc3c21.CC1(C)c2cc(-c3cccc(-c4ccc5cc(-c6ccc7ccccc7c6)ccc5c4)c3)c3ccccc3c2-c2ccc3ccccc3c21.CC1(C)c2cc3ccccc3cc2-c2cc3cc(-c4ccc5c6ccccc6n(-c6cccc(-n7c8ccccc8c8ccccc87)c6)c5c4)ccc3cc21. The minimum absolute atomic E-state index is 0.0567. The Morgan fingerprint density at radius 2 is 0.548 bits per heavy atom. The molecule has 28 aromatic rings. The van der Waals surface area contributed by atoms with Crippen LogP contribution in [0.2, 0.25) is 0 Å². The Balaban J connectivity index is 0.000000105. The first kappa shape index (κ1) is 85.2. The van der Waals surface area contributed by atoms with E-state index in [1.165, 1.54) is 283 Å². The van der Waals surface area contributed by atoms with Gasteiger partial charge in [0.2, 0.25) is 0 Å². The molecule has 0 saturated carbocycles. The highest BCUT2D eigenvalue weighted by molar-refractivity contribution is 7.26. The summed E-state index contributed by atoms with van der Waals surface area (Å²) in [5, 5.41) is 28.5. The molecule has 0 N–H and O–H groups in total. The van der Waals surface area contributed by atoms with Gasteiger partial charge in [-0.1, -0.05) is 399 Å². The lowest BCUT2D eigenvalue weighted by Crippen LogP contribution is -2.15. The van der Waals surface area contributed by atoms with Gasteiger partial charge in [-0.15, -0.1) is 11.3 Å². The topological polar surface area (TPSA) is 9.86 Å². The lowest BCUT2D eigenvalue weighted by molar-refractivity contribution is 0.662. The molecule has 146 heavy (non-hydrogen) atoms. The third kappa shape index (κ3) is 13.3. The number of para-hydroxylation sites is 3. The molecule has 3 heterocycles. The first-order chi connectivity index (χ1) is 71.6. The van der Waals surface area contributed by atoms with Crippen LogP contribution in [0.5, 0.6) is 0 Å². The molecule has 686 valence electrons. The van der Waals surface area contributed by atoms with E-state index in [4.69, 9.17) is 0 Å². The molecule has 0 radical (unpaired) electrons. The maximum Gasteiger partial charge on any atom is 0.0547 e. The number of thiophene rings is 1. The van der Waals surface area contributed by atoms with Crippen LogP contribution < -0.4 is 0 Å². The molecule has 3 aromatic heterocycles. The second kappa shape index (κ2) is 32.7. The van der Waals surface area contributed by atoms with Gasteiger partial charge in [-0.05, 0) is 347 Å². The molecule has 0 amide bonds. The second-order valence-corrected chi connectivity index (χ2v) is 43.1. The summed E-state index contributed by atoms with van der Waals surface area (Å²) in [4.78, 5) is 0. The van der Waals surface area contributed by atoms with Gasteiger partial charge in [-0.2, -0.15) is 0 Å². The molecule has 0 spiro atoms. The quantitative estimate of drug-likeness (QED) is 0.143. The van der Waals surface area contributed by atoms with E-state index in [9.17, 15) is 0 Å². The standard InChI is InChI=1S/C53H36N2.C49H34.C41H28S/c1-53(2)47-29-34-13-4-3-12-33(34)27-45(47)46-28-38-26-35(22-23-36(38)30-48(46)53)37-24-25-44-43-18-7-10-21-51(43)55(52(44)31-37)40-15-11-14-39(32-40)54-49-19-8-5-16-41(49)42-17-6-9-20-50(42)54;1-49(2)46-30-45(42-16-7-8-17-43(42)47(46)44-25-24-32-11-5-6-15-41(32)48(44)49)40-14-9-13-34(29-40)35-20-21-39-28-38(23-22-37(39)27-35)36-19-18-31-10-3-4-12-33(31)26-36;1-41(2)37-24-27(19-20-32(37)34-21-18-25-10-3-6-13-30(25)39(34)41)36-23-28(22-26-11-4-5-12-29(26)36)31-15-9-16-35-33-14-7-8-17-38(33)42-40(31)35/h3-32H,1-2H3;3-30H,1-2H3;3-24H,1-2H3. The summed E-state index contributed by atoms with van der Waals surface area (Å²) in [5.41, 5.74) is 38.7. The average Bonchev–Trinajstić information content (AvgIpc) is 1.53. The molecule has 3 aliphatic carbocycles. The fourth-order valence-electron chi connectivity index (χ4n) is 25.7. The van der Waals surface area contributed by atoms with Crippen LogP contribution in [0, 0.1) is 0 Å². The first-order valence-corrected chi connectivity index (χ1v) is 52.0. The summed E-state index contributed by atoms with van der Waals surface area (Å²) in [5.74, 6) is 0. The monoisotopic (exact) mass is 1870 g/mol. The van der Waals surface area contributed by atoms with Crippen molar-refractivity contribution >= 4 is 161 Å². The first-order valence-electron chi connectivity index (χ1n) is 51.2. The Morgan fingerprint density at radius 1 is 0.164 bits per heavy atom. The van der Waals surface area contributed by atoms with Gasteiger partial charge in [-0.3, -0.25) is 0 Å². The van der Waals surface area contributed by atoms with Gasteiger partial charge in [0.15, 0.2) is 0 Å². The van der Waals surface area contributed by atoms with Crippen LogP contribution in [0.25, 0.3) is 261 Å². The van der Waals surface area contributed by atoms with Gasteiger partial charge in [0.1, 0.15) is 0 Å². The predicted octanol–water partition coefficient (Wildman–Crippen LogP) is 39.8. The highest BCUT2D eigenvalue weighted by Gasteiger charge is 2.41. The summed E-state index contributed by atoms with van der Waals surface area (Å²) >= 11 is 1.90. The summed E-state index contributed by atoms with van der Waals surface area (Å²) in [6.45, 7) is 14.3. The third-order valence-electron chi connectivity index (χ3n) is 32.8. The molecule has 0 unspecified atom stereocenters. The number of rotatable bonds is 8. The number of nitrogens with zero attached hydrogens (tertiary/aromatic N) is 2. The normalized spacial score (nSPS) is 13.4. The van der Waals surface area contributed by atoms with Crippen molar-refractivity contribution in [2.45, 2.75) is 57.8 Å². The van der Waals surface area contributed by atoms with Crippen LogP contribution in [0.4, 0.5) is 0 Å². The van der Waals surface area contributed by atoms with E-state index < -0.39 is 0 Å². The second-order valence-electron chi connectivity index (χ2n) is 42.1. The smallest absolute Gasteiger partial charge is 0.0547 e. The molecule has 2 nitrogen and oxygen atoms in total. The molecule has 3 heteroatoms. The van der Waals surface area contributed by atoms with E-state index in [-0.39, 0.29) is 16.2 Å². The molecule has 0 fully saturated rings. The van der Waals surface area contributed by atoms with E-state index in [0.717, 1.165) is 11.4 Å². The van der Waals surface area contributed by atoms with Crippen LogP contribution in [0.3, 0.4) is 0 Å². The molecular weight excluding hydrogens is 1780 g/mol. The Morgan fingerprint density at radius 3 is 1.18 bits per heavy atom. The van der Waals surface area contributed by atoms with Gasteiger partial charge in [0.25, 0.3) is 0 Å². The van der Waals surface area contributed by atoms with Crippen LogP contribution in [-0.2, 0) is 16.2 Å². The largest absolute Gasteiger partial charge is 0.309 e. The van der Waals surface area contributed by atoms with E-state index in [0.29, 0.717) is 0 Å². The molecule has 0 saturated heterocycles. The Labute approximate surface area is 851 Å². The van der Waals surface area contributed by atoms with Crippen LogP contribution in [-0.4, -0.2) is 9.13 Å². The number of hydrogen-bond acceptors (Lipinski definition) is 1. The van der Waals surface area contributed by atoms with Crippen molar-refractivity contribution in [3.8, 4) is 112 Å². The van der Waals surface area contributed by atoms with Crippen LogP contribution in [0.1, 0.15) is 74.9 Å². The zero-order valence-corrected chi connectivity index (χ0v) is 82.8. The van der Waals surface area contributed by atoms with Crippen molar-refractivity contribution in [1.29, 1.82) is 0 Å². The van der Waals surface area contributed by atoms with E-state index >= 15 is 0 Å². The minimum Gasteiger partial charge on any atom is -0.309 e. The van der Waals surface area contributed by atoms with E-state index in [2.05, 4.69) is 536 Å². The Bertz CT molecular complexity index is 10400. The average molecular weight is 1880 g/mol. The molecule has 0 bridgehead atoms. The zero-order chi connectivity index (χ0) is 97.1. The van der Waals surface area contributed by atoms with Crippen molar-refractivity contribution < 1.29 is 0 Å². The molecular formula is C143H98N2S. The maximum absolute atomic E-state index is 2.49. The predicted molar refractivity (Wildman–Crippen MR) is 626 cm³/mol. The molecule has 31 rings (SSSR count). The lowest BCUT2D eigenvalue weighted by atomic mass is 9.79. The molecule has 25 aromatic carbocycles.